The monoisotopic (exact) mass is 460 g/mol. The Morgan fingerprint density at radius 3 is 2.48 bits per heavy atom. The second kappa shape index (κ2) is 8.68. The van der Waals surface area contributed by atoms with Crippen LogP contribution in [0.15, 0.2) is 48.5 Å². The molecule has 1 aliphatic rings. The number of carbonyl (C=O) groups is 1. The average molecular weight is 460 g/mol. The Bertz CT molecular complexity index is 1160. The summed E-state index contributed by atoms with van der Waals surface area (Å²) in [6.07, 6.45) is -4.77. The van der Waals surface area contributed by atoms with Gasteiger partial charge in [-0.05, 0) is 24.6 Å². The van der Waals surface area contributed by atoms with Crippen LogP contribution in [-0.4, -0.2) is 36.1 Å². The normalized spacial score (nSPS) is 17.6. The van der Waals surface area contributed by atoms with Crippen molar-refractivity contribution in [2.75, 3.05) is 24.9 Å². The number of aryl methyl sites for hydroxylation is 1. The molecule has 0 saturated carbocycles. The maximum atomic E-state index is 13.9. The Balaban J connectivity index is 1.63. The number of nitrogens with one attached hydrogen (secondary N) is 2. The highest BCUT2D eigenvalue weighted by atomic mass is 19.4. The van der Waals surface area contributed by atoms with Crippen molar-refractivity contribution in [3.8, 4) is 11.5 Å². The SMILES string of the molecule is COc1ccc(NC(=O)c2cc3n(n2)[C@H](C(F)(F)F)C[C@@H](c2ccc(C)cc2)N3)c(OC)c1. The summed E-state index contributed by atoms with van der Waals surface area (Å²) in [5, 5.41) is 9.71. The van der Waals surface area contributed by atoms with Crippen LogP contribution in [0.2, 0.25) is 0 Å². The minimum absolute atomic E-state index is 0.126. The van der Waals surface area contributed by atoms with Crippen molar-refractivity contribution in [2.24, 2.45) is 0 Å². The van der Waals surface area contributed by atoms with Crippen LogP contribution in [0.5, 0.6) is 11.5 Å². The number of nitrogens with zero attached hydrogens (tertiary/aromatic N) is 2. The molecule has 4 rings (SSSR count). The van der Waals surface area contributed by atoms with Gasteiger partial charge in [-0.25, -0.2) is 4.68 Å². The third kappa shape index (κ3) is 4.59. The van der Waals surface area contributed by atoms with Crippen LogP contribution in [0.25, 0.3) is 0 Å². The van der Waals surface area contributed by atoms with Crippen molar-refractivity contribution in [3.05, 3.63) is 65.4 Å². The third-order valence-corrected chi connectivity index (χ3v) is 5.56. The molecule has 2 atom stereocenters. The summed E-state index contributed by atoms with van der Waals surface area (Å²) >= 11 is 0. The first-order valence-electron chi connectivity index (χ1n) is 10.2. The Labute approximate surface area is 188 Å². The fourth-order valence-electron chi connectivity index (χ4n) is 3.79. The molecule has 2 heterocycles. The van der Waals surface area contributed by atoms with Crippen molar-refractivity contribution < 1.29 is 27.4 Å². The van der Waals surface area contributed by atoms with Gasteiger partial charge in [-0.1, -0.05) is 29.8 Å². The minimum Gasteiger partial charge on any atom is -0.497 e. The quantitative estimate of drug-likeness (QED) is 0.553. The number of methoxy groups -OCH3 is 2. The molecule has 0 radical (unpaired) electrons. The standard InChI is InChI=1S/C23H23F3N4O3/c1-13-4-6-14(7-5-13)17-11-20(23(24,25)26)30-21(27-17)12-18(29-30)22(31)28-16-9-8-15(32-2)10-19(16)33-3/h4-10,12,17,20,27H,11H2,1-3H3,(H,28,31)/t17-,20-/m0/s1. The number of anilines is 2. The molecule has 0 spiro atoms. The van der Waals surface area contributed by atoms with Crippen LogP contribution in [0.4, 0.5) is 24.7 Å². The number of halogens is 3. The van der Waals surface area contributed by atoms with Crippen LogP contribution in [0.3, 0.4) is 0 Å². The molecule has 0 saturated heterocycles. The fourth-order valence-corrected chi connectivity index (χ4v) is 3.79. The summed E-state index contributed by atoms with van der Waals surface area (Å²) in [5.74, 6) is 0.343. The molecule has 1 aromatic heterocycles. The lowest BCUT2D eigenvalue weighted by Crippen LogP contribution is -2.35. The predicted molar refractivity (Wildman–Crippen MR) is 117 cm³/mol. The van der Waals surface area contributed by atoms with E-state index in [9.17, 15) is 18.0 Å². The van der Waals surface area contributed by atoms with E-state index in [1.54, 1.807) is 30.3 Å². The number of aromatic nitrogens is 2. The highest BCUT2D eigenvalue weighted by Crippen LogP contribution is 2.43. The molecule has 2 N–H and O–H groups in total. The van der Waals surface area contributed by atoms with Crippen LogP contribution >= 0.6 is 0 Å². The molecule has 0 fully saturated rings. The van der Waals surface area contributed by atoms with Crippen molar-refractivity contribution in [1.29, 1.82) is 0 Å². The number of hydrogen-bond donors (Lipinski definition) is 2. The van der Waals surface area contributed by atoms with Gasteiger partial charge in [0.05, 0.1) is 25.9 Å². The Morgan fingerprint density at radius 2 is 1.85 bits per heavy atom. The molecule has 0 aliphatic carbocycles. The zero-order valence-corrected chi connectivity index (χ0v) is 18.2. The Hall–Kier alpha value is -3.69. The van der Waals surface area contributed by atoms with Gasteiger partial charge in [-0.15, -0.1) is 0 Å². The molecule has 2 aromatic carbocycles. The van der Waals surface area contributed by atoms with Crippen LogP contribution in [0.1, 0.15) is 40.1 Å². The molecular weight excluding hydrogens is 437 g/mol. The summed E-state index contributed by atoms with van der Waals surface area (Å²) in [7, 11) is 2.93. The topological polar surface area (TPSA) is 77.4 Å². The Kier molecular flexibility index (Phi) is 5.92. The second-order valence-electron chi connectivity index (χ2n) is 7.78. The average Bonchev–Trinajstić information content (AvgIpc) is 3.22. The first kappa shape index (κ1) is 22.5. The van der Waals surface area contributed by atoms with E-state index in [4.69, 9.17) is 9.47 Å². The van der Waals surface area contributed by atoms with Gasteiger partial charge in [0.15, 0.2) is 11.7 Å². The van der Waals surface area contributed by atoms with E-state index in [2.05, 4.69) is 15.7 Å². The van der Waals surface area contributed by atoms with E-state index in [0.717, 1.165) is 15.8 Å². The van der Waals surface area contributed by atoms with E-state index in [1.807, 2.05) is 19.1 Å². The maximum Gasteiger partial charge on any atom is 0.410 e. The van der Waals surface area contributed by atoms with Crippen LogP contribution in [0, 0.1) is 6.92 Å². The number of hydrogen-bond acceptors (Lipinski definition) is 5. The zero-order valence-electron chi connectivity index (χ0n) is 18.2. The summed E-state index contributed by atoms with van der Waals surface area (Å²) in [5.41, 5.74) is 1.94. The molecule has 1 aliphatic heterocycles. The van der Waals surface area contributed by atoms with E-state index in [1.165, 1.54) is 20.3 Å². The van der Waals surface area contributed by atoms with E-state index in [-0.39, 0.29) is 17.9 Å². The minimum atomic E-state index is -4.53. The summed E-state index contributed by atoms with van der Waals surface area (Å²) in [4.78, 5) is 12.8. The van der Waals surface area contributed by atoms with E-state index in [0.29, 0.717) is 17.2 Å². The molecule has 7 nitrogen and oxygen atoms in total. The number of amides is 1. The highest BCUT2D eigenvalue weighted by molar-refractivity contribution is 6.04. The zero-order chi connectivity index (χ0) is 23.8. The van der Waals surface area contributed by atoms with Gasteiger partial charge in [0, 0.05) is 18.6 Å². The van der Waals surface area contributed by atoms with E-state index >= 15 is 0 Å². The lowest BCUT2D eigenvalue weighted by molar-refractivity contribution is -0.173. The van der Waals surface area contributed by atoms with Gasteiger partial charge in [0.25, 0.3) is 5.91 Å². The number of ether oxygens (including phenoxy) is 2. The van der Waals surface area contributed by atoms with Crippen molar-refractivity contribution in [1.82, 2.24) is 9.78 Å². The van der Waals surface area contributed by atoms with Gasteiger partial charge in [0.2, 0.25) is 0 Å². The maximum absolute atomic E-state index is 13.9. The molecule has 0 bridgehead atoms. The number of rotatable bonds is 5. The Morgan fingerprint density at radius 1 is 1.12 bits per heavy atom. The smallest absolute Gasteiger partial charge is 0.410 e. The largest absolute Gasteiger partial charge is 0.497 e. The number of benzene rings is 2. The number of alkyl halides is 3. The fraction of sp³-hybridized carbons (Fsp3) is 0.304. The van der Waals surface area contributed by atoms with Crippen LogP contribution < -0.4 is 20.1 Å². The van der Waals surface area contributed by atoms with Crippen molar-refractivity contribution in [2.45, 2.75) is 31.6 Å². The molecular formula is C23H23F3N4O3. The van der Waals surface area contributed by atoms with Gasteiger partial charge in [-0.3, -0.25) is 4.79 Å². The van der Waals surface area contributed by atoms with Gasteiger partial charge in [0.1, 0.15) is 17.3 Å². The summed E-state index contributed by atoms with van der Waals surface area (Å²) in [6.45, 7) is 1.91. The van der Waals surface area contributed by atoms with Gasteiger partial charge < -0.3 is 20.1 Å². The molecule has 33 heavy (non-hydrogen) atoms. The number of carbonyl (C=O) groups excluding carboxylic acids is 1. The van der Waals surface area contributed by atoms with Crippen molar-refractivity contribution >= 4 is 17.4 Å². The summed E-state index contributed by atoms with van der Waals surface area (Å²) in [6, 6.07) is 11.0. The van der Waals surface area contributed by atoms with Crippen LogP contribution in [-0.2, 0) is 0 Å². The van der Waals surface area contributed by atoms with E-state index < -0.39 is 24.2 Å². The second-order valence-corrected chi connectivity index (χ2v) is 7.78. The first-order valence-corrected chi connectivity index (χ1v) is 10.2. The third-order valence-electron chi connectivity index (χ3n) is 5.56. The van der Waals surface area contributed by atoms with Gasteiger partial charge in [-0.2, -0.15) is 18.3 Å². The van der Waals surface area contributed by atoms with Gasteiger partial charge >= 0.3 is 6.18 Å². The number of fused-ring (bicyclic) bond motifs is 1. The molecule has 1 amide bonds. The first-order chi connectivity index (χ1) is 15.7. The van der Waals surface area contributed by atoms with Crippen molar-refractivity contribution in [3.63, 3.8) is 0 Å². The predicted octanol–water partition coefficient (Wildman–Crippen LogP) is 5.12. The highest BCUT2D eigenvalue weighted by Gasteiger charge is 2.46. The molecule has 3 aromatic rings. The lowest BCUT2D eigenvalue weighted by atomic mass is 9.96. The molecule has 174 valence electrons. The molecule has 10 heteroatoms. The molecule has 0 unspecified atom stereocenters. The summed E-state index contributed by atoms with van der Waals surface area (Å²) < 4.78 is 52.9. The lowest BCUT2D eigenvalue weighted by Gasteiger charge is -2.33.